The molecule has 0 radical (unpaired) electrons. The molecule has 3 heterocycles. The van der Waals surface area contributed by atoms with Gasteiger partial charge in [0.05, 0.1) is 26.2 Å². The van der Waals surface area contributed by atoms with Crippen molar-refractivity contribution in [1.82, 2.24) is 19.7 Å². The number of rotatable bonds is 6. The number of aryl methyl sites for hydroxylation is 2. The molecule has 0 bridgehead atoms. The molecule has 0 amide bonds. The van der Waals surface area contributed by atoms with E-state index in [4.69, 9.17) is 0 Å². The van der Waals surface area contributed by atoms with E-state index in [9.17, 15) is 8.42 Å². The van der Waals surface area contributed by atoms with Crippen molar-refractivity contribution in [3.05, 3.63) is 45.5 Å². The van der Waals surface area contributed by atoms with E-state index in [2.05, 4.69) is 31.0 Å². The van der Waals surface area contributed by atoms with Crippen molar-refractivity contribution in [2.75, 3.05) is 0 Å². The third kappa shape index (κ3) is 4.02. The maximum atomic E-state index is 13.0. The average molecular weight is 476 g/mol. The van der Waals surface area contributed by atoms with E-state index in [1.165, 1.54) is 4.88 Å². The van der Waals surface area contributed by atoms with Crippen molar-refractivity contribution in [3.63, 3.8) is 0 Å². The van der Waals surface area contributed by atoms with Crippen LogP contribution in [-0.4, -0.2) is 28.6 Å². The molecule has 164 valence electrons. The van der Waals surface area contributed by atoms with Crippen LogP contribution in [0.3, 0.4) is 0 Å². The van der Waals surface area contributed by atoms with E-state index in [1.54, 1.807) is 35.2 Å². The summed E-state index contributed by atoms with van der Waals surface area (Å²) in [7, 11) is -3.58. The summed E-state index contributed by atoms with van der Waals surface area (Å²) in [5.74, 6) is 0. The van der Waals surface area contributed by atoms with Gasteiger partial charge in [0.15, 0.2) is 5.50 Å². The summed E-state index contributed by atoms with van der Waals surface area (Å²) in [6, 6.07) is 5.43. The second-order valence-corrected chi connectivity index (χ2v) is 12.8. The molecule has 1 saturated carbocycles. The van der Waals surface area contributed by atoms with E-state index in [0.717, 1.165) is 51.5 Å². The van der Waals surface area contributed by atoms with Crippen LogP contribution in [-0.2, 0) is 16.4 Å². The average Bonchev–Trinajstić information content (AvgIpc) is 3.02. The van der Waals surface area contributed by atoms with Gasteiger partial charge in [0.2, 0.25) is 10.0 Å². The fraction of sp³-hybridized carbons (Fsp3) is 0.429. The molecule has 10 heteroatoms. The van der Waals surface area contributed by atoms with Gasteiger partial charge >= 0.3 is 0 Å². The van der Waals surface area contributed by atoms with Gasteiger partial charge in [-0.3, -0.25) is 5.43 Å². The number of thiazole rings is 1. The van der Waals surface area contributed by atoms with Gasteiger partial charge < -0.3 is 4.57 Å². The van der Waals surface area contributed by atoms with Crippen LogP contribution in [0, 0.1) is 13.8 Å². The third-order valence-electron chi connectivity index (χ3n) is 5.80. The molecule has 31 heavy (non-hydrogen) atoms. The second-order valence-electron chi connectivity index (χ2n) is 8.56. The Morgan fingerprint density at radius 3 is 2.68 bits per heavy atom. The van der Waals surface area contributed by atoms with E-state index in [1.807, 2.05) is 33.8 Å². The van der Waals surface area contributed by atoms with Crippen LogP contribution in [0.4, 0.5) is 0 Å². The zero-order valence-electron chi connectivity index (χ0n) is 17.9. The van der Waals surface area contributed by atoms with Gasteiger partial charge in [-0.25, -0.2) is 18.1 Å². The molecule has 0 saturated heterocycles. The first kappa shape index (κ1) is 21.0. The Kier molecular flexibility index (Phi) is 4.96. The molecule has 1 unspecified atom stereocenters. The lowest BCUT2D eigenvalue weighted by Crippen LogP contribution is -2.34. The normalized spacial score (nSPS) is 20.1. The molecule has 1 aromatic carbocycles. The van der Waals surface area contributed by atoms with Crippen LogP contribution in [0.1, 0.15) is 53.3 Å². The minimum Gasteiger partial charge on any atom is -0.316 e. The van der Waals surface area contributed by atoms with Crippen LogP contribution in [0.15, 0.2) is 34.4 Å². The monoisotopic (exact) mass is 475 g/mol. The number of hydrazone groups is 1. The predicted octanol–water partition coefficient (Wildman–Crippen LogP) is 4.26. The Morgan fingerprint density at radius 2 is 2.06 bits per heavy atom. The van der Waals surface area contributed by atoms with Gasteiger partial charge in [0.1, 0.15) is 0 Å². The highest BCUT2D eigenvalue weighted by Crippen LogP contribution is 2.38. The van der Waals surface area contributed by atoms with Crippen LogP contribution >= 0.6 is 23.1 Å². The smallest absolute Gasteiger partial charge is 0.241 e. The lowest BCUT2D eigenvalue weighted by molar-refractivity contribution is 0.558. The molecule has 2 aromatic heterocycles. The first-order chi connectivity index (χ1) is 14.6. The Bertz CT molecular complexity index is 1320. The minimum absolute atomic E-state index is 0.104. The third-order valence-corrected chi connectivity index (χ3v) is 9.49. The van der Waals surface area contributed by atoms with Crippen molar-refractivity contribution in [2.24, 2.45) is 5.10 Å². The minimum atomic E-state index is -3.58. The topological polar surface area (TPSA) is 88.4 Å². The van der Waals surface area contributed by atoms with Crippen molar-refractivity contribution >= 4 is 49.1 Å². The molecule has 0 spiro atoms. The SMILES string of the molecule is CC1=NNC(n2cc(Cc3sc(C)nc3C)c3ccc(S(=O)(=O)NC4(C)CC4)cc32)S1. The van der Waals surface area contributed by atoms with Crippen molar-refractivity contribution < 1.29 is 8.42 Å². The van der Waals surface area contributed by atoms with Crippen molar-refractivity contribution in [3.8, 4) is 0 Å². The molecule has 1 aliphatic heterocycles. The lowest BCUT2D eigenvalue weighted by atomic mass is 10.1. The maximum absolute atomic E-state index is 13.0. The largest absolute Gasteiger partial charge is 0.316 e. The summed E-state index contributed by atoms with van der Waals surface area (Å²) in [6.45, 7) is 7.97. The first-order valence-electron chi connectivity index (χ1n) is 10.2. The van der Waals surface area contributed by atoms with E-state index in [-0.39, 0.29) is 11.0 Å². The van der Waals surface area contributed by atoms with Crippen LogP contribution in [0.2, 0.25) is 0 Å². The lowest BCUT2D eigenvalue weighted by Gasteiger charge is -2.15. The van der Waals surface area contributed by atoms with Crippen LogP contribution < -0.4 is 10.1 Å². The molecule has 2 N–H and O–H groups in total. The number of nitrogens with zero attached hydrogens (tertiary/aromatic N) is 3. The highest BCUT2D eigenvalue weighted by atomic mass is 32.2. The zero-order chi connectivity index (χ0) is 22.0. The zero-order valence-corrected chi connectivity index (χ0v) is 20.3. The molecule has 1 atom stereocenters. The number of sulfonamides is 1. The molecular weight excluding hydrogens is 450 g/mol. The molecule has 7 nitrogen and oxygen atoms in total. The number of thioether (sulfide) groups is 1. The van der Waals surface area contributed by atoms with E-state index < -0.39 is 10.0 Å². The molecule has 5 rings (SSSR count). The Labute approximate surface area is 190 Å². The van der Waals surface area contributed by atoms with Crippen molar-refractivity contribution in [1.29, 1.82) is 0 Å². The number of nitrogens with one attached hydrogen (secondary N) is 2. The molecule has 1 fully saturated rings. The molecule has 3 aromatic rings. The van der Waals surface area contributed by atoms with Crippen LogP contribution in [0.5, 0.6) is 0 Å². The summed E-state index contributed by atoms with van der Waals surface area (Å²) in [5.41, 5.74) is 5.83. The highest BCUT2D eigenvalue weighted by molar-refractivity contribution is 8.14. The second kappa shape index (κ2) is 7.33. The molecule has 1 aliphatic carbocycles. The van der Waals surface area contributed by atoms with Gasteiger partial charge in [-0.1, -0.05) is 17.8 Å². The maximum Gasteiger partial charge on any atom is 0.241 e. The van der Waals surface area contributed by atoms with E-state index in [0.29, 0.717) is 4.90 Å². The van der Waals surface area contributed by atoms with Gasteiger partial charge in [0.25, 0.3) is 0 Å². The summed E-state index contributed by atoms with van der Waals surface area (Å²) in [5, 5.41) is 7.37. The van der Waals surface area contributed by atoms with Gasteiger partial charge in [-0.2, -0.15) is 5.10 Å². The number of fused-ring (bicyclic) bond motifs is 1. The fourth-order valence-electron chi connectivity index (χ4n) is 3.87. The Hall–Kier alpha value is -1.88. The molecular formula is C21H25N5O2S3. The van der Waals surface area contributed by atoms with Gasteiger partial charge in [-0.15, -0.1) is 11.3 Å². The van der Waals surface area contributed by atoms with Crippen LogP contribution in [0.25, 0.3) is 10.9 Å². The molecule has 2 aliphatic rings. The summed E-state index contributed by atoms with van der Waals surface area (Å²) < 4.78 is 30.9. The van der Waals surface area contributed by atoms with Gasteiger partial charge in [0, 0.05) is 28.4 Å². The number of aromatic nitrogens is 2. The number of benzene rings is 1. The Morgan fingerprint density at radius 1 is 1.29 bits per heavy atom. The number of hydrogen-bond acceptors (Lipinski definition) is 7. The highest BCUT2D eigenvalue weighted by Gasteiger charge is 2.41. The predicted molar refractivity (Wildman–Crippen MR) is 127 cm³/mol. The first-order valence-corrected chi connectivity index (χ1v) is 13.4. The standard InChI is InChI=1S/C21H25N5O2S3/c1-12-19(29-13(2)22-12)9-15-11-26(20-24-23-14(3)30-20)18-10-16(5-6-17(15)18)31(27,28)25-21(4)7-8-21/h5-6,10-11,20,24-25H,7-9H2,1-4H3. The quantitative estimate of drug-likeness (QED) is 0.556. The van der Waals surface area contributed by atoms with Crippen molar-refractivity contribution in [2.45, 2.75) is 62.9 Å². The van der Waals surface area contributed by atoms with Gasteiger partial charge in [-0.05, 0) is 58.2 Å². The summed E-state index contributed by atoms with van der Waals surface area (Å²) in [4.78, 5) is 6.09. The summed E-state index contributed by atoms with van der Waals surface area (Å²) in [6.07, 6.45) is 4.63. The number of hydrogen-bond donors (Lipinski definition) is 2. The fourth-order valence-corrected chi connectivity index (χ4v) is 7.14. The van der Waals surface area contributed by atoms with E-state index >= 15 is 0 Å². The Balaban J connectivity index is 1.59. The summed E-state index contributed by atoms with van der Waals surface area (Å²) >= 11 is 3.33.